The molecule has 6 nitrogen and oxygen atoms in total. The zero-order chi connectivity index (χ0) is 24.5. The van der Waals surface area contributed by atoms with Crippen LogP contribution in [-0.4, -0.2) is 32.4 Å². The van der Waals surface area contributed by atoms with E-state index in [9.17, 15) is 19.8 Å². The normalized spacial score (nSPS) is 9.83. The maximum absolute atomic E-state index is 10.9. The van der Waals surface area contributed by atoms with E-state index in [-0.39, 0.29) is 48.8 Å². The van der Waals surface area contributed by atoms with Crippen LogP contribution in [-0.2, 0) is 39.0 Å². The fraction of sp³-hybridized carbons (Fsp3) is 0.0714. The molecule has 0 saturated heterocycles. The van der Waals surface area contributed by atoms with Crippen LogP contribution in [0.2, 0.25) is 0 Å². The molecule has 35 heavy (non-hydrogen) atoms. The van der Waals surface area contributed by atoms with Gasteiger partial charge in [-0.1, -0.05) is 72.8 Å². The van der Waals surface area contributed by atoms with Crippen molar-refractivity contribution in [3.8, 4) is 11.5 Å². The predicted octanol–water partition coefficient (Wildman–Crippen LogP) is 5.36. The van der Waals surface area contributed by atoms with E-state index in [1.54, 1.807) is 12.1 Å². The van der Waals surface area contributed by atoms with Crippen molar-refractivity contribution in [2.24, 2.45) is 0 Å². The summed E-state index contributed by atoms with van der Waals surface area (Å²) in [5.41, 5.74) is 3.83. The van der Waals surface area contributed by atoms with Crippen molar-refractivity contribution in [3.05, 3.63) is 130 Å². The van der Waals surface area contributed by atoms with Crippen molar-refractivity contribution in [1.82, 2.24) is 0 Å². The minimum atomic E-state index is -1.11. The summed E-state index contributed by atoms with van der Waals surface area (Å²) in [7, 11) is 0. The van der Waals surface area contributed by atoms with Crippen LogP contribution in [0.3, 0.4) is 0 Å². The second-order valence-corrected chi connectivity index (χ2v) is 7.64. The first kappa shape index (κ1) is 27.5. The summed E-state index contributed by atoms with van der Waals surface area (Å²) in [6.07, 6.45) is 1.31. The maximum atomic E-state index is 10.9. The van der Waals surface area contributed by atoms with Crippen LogP contribution >= 0.6 is 0 Å². The molecule has 0 aliphatic rings. The Kier molecular flexibility index (Phi) is 10.4. The molecule has 0 saturated carbocycles. The molecule has 4 rings (SSSR count). The van der Waals surface area contributed by atoms with Crippen LogP contribution in [0.4, 0.5) is 0 Å². The fourth-order valence-corrected chi connectivity index (χ4v) is 3.39. The Bertz CT molecular complexity index is 1170. The van der Waals surface area contributed by atoms with Crippen LogP contribution in [0.15, 0.2) is 97.1 Å². The van der Waals surface area contributed by atoms with Gasteiger partial charge in [-0.25, -0.2) is 9.59 Å². The molecule has 0 aromatic heterocycles. The van der Waals surface area contributed by atoms with Crippen LogP contribution in [0.5, 0.6) is 11.5 Å². The molecule has 0 aliphatic carbocycles. The molecular formula is C28H24O6Zr. The minimum absolute atomic E-state index is 0. The van der Waals surface area contributed by atoms with E-state index >= 15 is 0 Å². The van der Waals surface area contributed by atoms with Crippen molar-refractivity contribution in [2.75, 3.05) is 0 Å². The molecule has 4 N–H and O–H groups in total. The summed E-state index contributed by atoms with van der Waals surface area (Å²) in [6.45, 7) is 0. The minimum Gasteiger partial charge on any atom is -0.507 e. The summed E-state index contributed by atoms with van der Waals surface area (Å²) >= 11 is 0. The van der Waals surface area contributed by atoms with Crippen LogP contribution in [0.1, 0.15) is 43.0 Å². The number of hydrogen-bond acceptors (Lipinski definition) is 4. The van der Waals surface area contributed by atoms with Gasteiger partial charge in [0.25, 0.3) is 0 Å². The molecule has 0 aliphatic heterocycles. The fourth-order valence-electron chi connectivity index (χ4n) is 3.39. The van der Waals surface area contributed by atoms with E-state index in [0.717, 1.165) is 22.3 Å². The SMILES string of the molecule is O=C(O)c1cc(Cc2ccccc2)ccc1O.O=C(O)c1cc(Cc2ccccc2)ccc1O.[Zr]. The first-order valence-corrected chi connectivity index (χ1v) is 10.5. The predicted molar refractivity (Wildman–Crippen MR) is 129 cm³/mol. The first-order chi connectivity index (χ1) is 16.3. The summed E-state index contributed by atoms with van der Waals surface area (Å²) in [4.78, 5) is 21.7. The van der Waals surface area contributed by atoms with Gasteiger partial charge >= 0.3 is 11.9 Å². The monoisotopic (exact) mass is 546 g/mol. The third kappa shape index (κ3) is 8.23. The Morgan fingerprint density at radius 3 is 1.17 bits per heavy atom. The molecule has 0 heterocycles. The molecule has 0 unspecified atom stereocenters. The zero-order valence-corrected chi connectivity index (χ0v) is 21.2. The van der Waals surface area contributed by atoms with Crippen molar-refractivity contribution < 1.29 is 56.2 Å². The molecule has 4 aromatic carbocycles. The number of aromatic hydroxyl groups is 2. The second-order valence-electron chi connectivity index (χ2n) is 7.64. The molecule has 176 valence electrons. The smallest absolute Gasteiger partial charge is 0.339 e. The van der Waals surface area contributed by atoms with Crippen molar-refractivity contribution in [3.63, 3.8) is 0 Å². The largest absolute Gasteiger partial charge is 0.507 e. The third-order valence-corrected chi connectivity index (χ3v) is 5.08. The summed E-state index contributed by atoms with van der Waals surface area (Å²) < 4.78 is 0. The quantitative estimate of drug-likeness (QED) is 0.258. The van der Waals surface area contributed by atoms with Gasteiger partial charge in [0.2, 0.25) is 0 Å². The molecular weight excluding hydrogens is 524 g/mol. The first-order valence-electron chi connectivity index (χ1n) is 10.5. The Morgan fingerprint density at radius 1 is 0.514 bits per heavy atom. The Morgan fingerprint density at radius 2 is 0.857 bits per heavy atom. The number of carboxylic acids is 2. The number of phenols is 2. The average molecular weight is 548 g/mol. The number of hydrogen-bond donors (Lipinski definition) is 4. The van der Waals surface area contributed by atoms with E-state index in [1.165, 1.54) is 24.3 Å². The summed E-state index contributed by atoms with van der Waals surface area (Å²) in [5.74, 6) is -2.63. The second kappa shape index (κ2) is 13.3. The zero-order valence-electron chi connectivity index (χ0n) is 18.8. The van der Waals surface area contributed by atoms with E-state index in [2.05, 4.69) is 0 Å². The molecule has 0 amide bonds. The molecule has 0 radical (unpaired) electrons. The van der Waals surface area contributed by atoms with Crippen molar-refractivity contribution in [2.45, 2.75) is 12.8 Å². The van der Waals surface area contributed by atoms with E-state index in [4.69, 9.17) is 10.2 Å². The number of carbonyl (C=O) groups is 2. The van der Waals surface area contributed by atoms with E-state index < -0.39 is 11.9 Å². The number of benzene rings is 4. The van der Waals surface area contributed by atoms with Gasteiger partial charge in [-0.15, -0.1) is 0 Å². The topological polar surface area (TPSA) is 115 Å². The maximum Gasteiger partial charge on any atom is 0.339 e. The molecule has 0 bridgehead atoms. The molecule has 7 heteroatoms. The number of carboxylic acid groups (broad SMARTS) is 2. The summed E-state index contributed by atoms with van der Waals surface area (Å²) in [5, 5.41) is 36.6. The Hall–Kier alpha value is -3.70. The van der Waals surface area contributed by atoms with E-state index in [0.29, 0.717) is 12.8 Å². The number of rotatable bonds is 6. The van der Waals surface area contributed by atoms with Gasteiger partial charge in [-0.3, -0.25) is 0 Å². The average Bonchev–Trinajstić information content (AvgIpc) is 2.83. The Labute approximate surface area is 222 Å². The standard InChI is InChI=1S/2C14H12O3.Zr/c2*15-13-7-6-11(9-12(13)14(16)17)8-10-4-2-1-3-5-10;/h2*1-7,9,15H,8H2,(H,16,17);. The van der Waals surface area contributed by atoms with Gasteiger partial charge in [0.05, 0.1) is 0 Å². The van der Waals surface area contributed by atoms with Gasteiger partial charge in [-0.05, 0) is 59.4 Å². The Balaban J connectivity index is 0.000000240. The molecule has 0 atom stereocenters. The third-order valence-electron chi connectivity index (χ3n) is 5.08. The van der Waals surface area contributed by atoms with E-state index in [1.807, 2.05) is 60.7 Å². The van der Waals surface area contributed by atoms with Gasteiger partial charge in [0, 0.05) is 26.2 Å². The van der Waals surface area contributed by atoms with Gasteiger partial charge in [0.15, 0.2) is 0 Å². The van der Waals surface area contributed by atoms with Crippen LogP contribution in [0.25, 0.3) is 0 Å². The molecule has 0 fully saturated rings. The summed E-state index contributed by atoms with van der Waals surface area (Å²) in [6, 6.07) is 28.8. The van der Waals surface area contributed by atoms with Crippen molar-refractivity contribution in [1.29, 1.82) is 0 Å². The molecule has 4 aromatic rings. The van der Waals surface area contributed by atoms with Gasteiger partial charge in [-0.2, -0.15) is 0 Å². The number of aromatic carboxylic acids is 2. The van der Waals surface area contributed by atoms with Gasteiger partial charge < -0.3 is 20.4 Å². The van der Waals surface area contributed by atoms with Gasteiger partial charge in [0.1, 0.15) is 22.6 Å². The van der Waals surface area contributed by atoms with Crippen molar-refractivity contribution >= 4 is 11.9 Å². The van der Waals surface area contributed by atoms with Crippen LogP contribution in [0, 0.1) is 0 Å². The molecule has 0 spiro atoms. The van der Waals surface area contributed by atoms with Crippen LogP contribution < -0.4 is 0 Å².